The number of aromatic nitrogens is 1. The van der Waals surface area contributed by atoms with Gasteiger partial charge in [0.2, 0.25) is 0 Å². The third-order valence-electron chi connectivity index (χ3n) is 2.40. The number of aliphatic hydroxyl groups excluding tert-OH is 1. The summed E-state index contributed by atoms with van der Waals surface area (Å²) in [5.41, 5.74) is 0.905. The number of hydrogen-bond donors (Lipinski definition) is 1. The number of pyridine rings is 1. The molecule has 76 valence electrons. The molecule has 1 saturated heterocycles. The Bertz CT molecular complexity index is 281. The summed E-state index contributed by atoms with van der Waals surface area (Å²) < 4.78 is 5.27. The van der Waals surface area contributed by atoms with Crippen LogP contribution in [0.25, 0.3) is 0 Å². The van der Waals surface area contributed by atoms with Crippen molar-refractivity contribution in [1.29, 1.82) is 0 Å². The van der Waals surface area contributed by atoms with Crippen molar-refractivity contribution in [3.8, 4) is 0 Å². The molecule has 0 aliphatic carbocycles. The second kappa shape index (κ2) is 4.39. The van der Waals surface area contributed by atoms with Crippen molar-refractivity contribution < 1.29 is 14.8 Å². The molecule has 1 aromatic heterocycles. The predicted octanol–water partition coefficient (Wildman–Crippen LogP) is -0.170. The second-order valence-electron chi connectivity index (χ2n) is 3.34. The summed E-state index contributed by atoms with van der Waals surface area (Å²) in [6.07, 6.45) is 1.84. The van der Waals surface area contributed by atoms with Gasteiger partial charge in [-0.05, 0) is 6.07 Å². The van der Waals surface area contributed by atoms with E-state index in [0.29, 0.717) is 0 Å². The lowest BCUT2D eigenvalue weighted by Crippen LogP contribution is -2.39. The number of aromatic amines is 1. The molecule has 1 aliphatic rings. The lowest BCUT2D eigenvalue weighted by molar-refractivity contribution is -0.365. The van der Waals surface area contributed by atoms with Gasteiger partial charge in [0.25, 0.3) is 5.82 Å². The number of ether oxygens (including phenoxy) is 1. The van der Waals surface area contributed by atoms with E-state index < -0.39 is 0 Å². The van der Waals surface area contributed by atoms with Crippen LogP contribution >= 0.6 is 0 Å². The zero-order valence-electron chi connectivity index (χ0n) is 8.07. The van der Waals surface area contributed by atoms with Crippen molar-refractivity contribution in [1.82, 2.24) is 0 Å². The standard InChI is InChI=1S/C10H14N2O2/c13-8-9-1-2-10(11-7-9)12-3-5-14-6-4-12/h1-2,7,13H,3-6,8H2/p+1. The lowest BCUT2D eigenvalue weighted by Gasteiger charge is -2.21. The minimum absolute atomic E-state index is 0.0832. The van der Waals surface area contributed by atoms with Crippen LogP contribution in [-0.2, 0) is 11.3 Å². The van der Waals surface area contributed by atoms with Gasteiger partial charge in [-0.15, -0.1) is 0 Å². The largest absolute Gasteiger partial charge is 0.392 e. The first-order valence-corrected chi connectivity index (χ1v) is 4.84. The molecule has 2 rings (SSSR count). The minimum Gasteiger partial charge on any atom is -0.392 e. The van der Waals surface area contributed by atoms with Gasteiger partial charge in [-0.2, -0.15) is 0 Å². The molecule has 0 amide bonds. The first-order chi connectivity index (χ1) is 6.90. The fourth-order valence-electron chi connectivity index (χ4n) is 1.55. The number of anilines is 1. The van der Waals surface area contributed by atoms with Crippen LogP contribution in [-0.4, -0.2) is 31.4 Å². The van der Waals surface area contributed by atoms with Crippen molar-refractivity contribution in [3.63, 3.8) is 0 Å². The monoisotopic (exact) mass is 195 g/mol. The topological polar surface area (TPSA) is 46.8 Å². The van der Waals surface area contributed by atoms with E-state index in [1.165, 1.54) is 0 Å². The summed E-state index contributed by atoms with van der Waals surface area (Å²) in [6, 6.07) is 3.93. The van der Waals surface area contributed by atoms with Crippen LogP contribution in [0.4, 0.5) is 5.82 Å². The Balaban J connectivity index is 2.07. The molecule has 2 N–H and O–H groups in total. The van der Waals surface area contributed by atoms with Crippen LogP contribution in [0.5, 0.6) is 0 Å². The smallest absolute Gasteiger partial charge is 0.274 e. The van der Waals surface area contributed by atoms with Gasteiger partial charge < -0.3 is 9.84 Å². The molecule has 0 bridgehead atoms. The molecule has 1 aliphatic heterocycles. The molecular weight excluding hydrogens is 180 g/mol. The molecule has 0 unspecified atom stereocenters. The zero-order chi connectivity index (χ0) is 9.80. The molecule has 14 heavy (non-hydrogen) atoms. The number of hydrogen-bond acceptors (Lipinski definition) is 3. The average molecular weight is 195 g/mol. The first-order valence-electron chi connectivity index (χ1n) is 4.84. The van der Waals surface area contributed by atoms with Crippen LogP contribution in [0.3, 0.4) is 0 Å². The highest BCUT2D eigenvalue weighted by Gasteiger charge is 2.18. The lowest BCUT2D eigenvalue weighted by atomic mass is 10.3. The maximum atomic E-state index is 8.89. The van der Waals surface area contributed by atoms with Gasteiger partial charge in [-0.1, -0.05) is 0 Å². The summed E-state index contributed by atoms with van der Waals surface area (Å²) in [7, 11) is 0. The number of nitrogens with one attached hydrogen (secondary N) is 1. The van der Waals surface area contributed by atoms with Gasteiger partial charge in [0.15, 0.2) is 0 Å². The molecule has 4 nitrogen and oxygen atoms in total. The van der Waals surface area contributed by atoms with Gasteiger partial charge >= 0.3 is 0 Å². The van der Waals surface area contributed by atoms with Gasteiger partial charge in [0, 0.05) is 11.6 Å². The highest BCUT2D eigenvalue weighted by Crippen LogP contribution is 2.09. The van der Waals surface area contributed by atoms with E-state index in [-0.39, 0.29) is 6.61 Å². The van der Waals surface area contributed by atoms with E-state index in [9.17, 15) is 0 Å². The van der Waals surface area contributed by atoms with Gasteiger partial charge in [-0.25, -0.2) is 4.98 Å². The molecule has 2 heterocycles. The fraction of sp³-hybridized carbons (Fsp3) is 0.500. The highest BCUT2D eigenvalue weighted by molar-refractivity contribution is 5.33. The summed E-state index contributed by atoms with van der Waals surface area (Å²) in [5, 5.41) is 8.89. The number of rotatable bonds is 2. The van der Waals surface area contributed by atoms with E-state index >= 15 is 0 Å². The highest BCUT2D eigenvalue weighted by atomic mass is 16.5. The van der Waals surface area contributed by atoms with E-state index in [2.05, 4.69) is 9.88 Å². The van der Waals surface area contributed by atoms with Crippen LogP contribution in [0, 0.1) is 0 Å². The van der Waals surface area contributed by atoms with Crippen molar-refractivity contribution in [3.05, 3.63) is 23.9 Å². The molecule has 0 atom stereocenters. The number of nitrogens with zero attached hydrogens (tertiary/aromatic N) is 1. The zero-order valence-corrected chi connectivity index (χ0v) is 8.07. The Morgan fingerprint density at radius 3 is 2.71 bits per heavy atom. The van der Waals surface area contributed by atoms with Crippen molar-refractivity contribution >= 4 is 5.82 Å². The number of morpholine rings is 1. The Hall–Kier alpha value is -1.13. The van der Waals surface area contributed by atoms with Crippen molar-refractivity contribution in [2.24, 2.45) is 0 Å². The van der Waals surface area contributed by atoms with E-state index in [1.807, 2.05) is 18.3 Å². The third-order valence-corrected chi connectivity index (χ3v) is 2.40. The van der Waals surface area contributed by atoms with Crippen molar-refractivity contribution in [2.45, 2.75) is 6.61 Å². The van der Waals surface area contributed by atoms with E-state index in [4.69, 9.17) is 9.84 Å². The minimum atomic E-state index is 0.0832. The average Bonchev–Trinajstić information content (AvgIpc) is 2.30. The van der Waals surface area contributed by atoms with Crippen LogP contribution in [0.1, 0.15) is 5.56 Å². The Morgan fingerprint density at radius 2 is 2.14 bits per heavy atom. The summed E-state index contributed by atoms with van der Waals surface area (Å²) in [4.78, 5) is 5.41. The quantitative estimate of drug-likeness (QED) is 0.712. The van der Waals surface area contributed by atoms with Gasteiger partial charge in [-0.3, -0.25) is 4.90 Å². The Morgan fingerprint density at radius 1 is 1.36 bits per heavy atom. The molecular formula is C10H15N2O2+. The summed E-state index contributed by atoms with van der Waals surface area (Å²) in [6.45, 7) is 3.51. The van der Waals surface area contributed by atoms with Gasteiger partial charge in [0.1, 0.15) is 13.1 Å². The van der Waals surface area contributed by atoms with E-state index in [0.717, 1.165) is 37.7 Å². The maximum Gasteiger partial charge on any atom is 0.274 e. The molecule has 0 spiro atoms. The Labute approximate surface area is 83.1 Å². The maximum absolute atomic E-state index is 8.89. The second-order valence-corrected chi connectivity index (χ2v) is 3.34. The molecule has 1 aromatic rings. The molecule has 0 aromatic carbocycles. The fourth-order valence-corrected chi connectivity index (χ4v) is 1.55. The molecule has 0 saturated carbocycles. The third kappa shape index (κ3) is 2.02. The van der Waals surface area contributed by atoms with Crippen LogP contribution in [0.2, 0.25) is 0 Å². The summed E-state index contributed by atoms with van der Waals surface area (Å²) in [5.74, 6) is 1.09. The Kier molecular flexibility index (Phi) is 2.96. The van der Waals surface area contributed by atoms with Crippen LogP contribution in [0.15, 0.2) is 18.3 Å². The normalized spacial score (nSPS) is 17.1. The predicted molar refractivity (Wildman–Crippen MR) is 52.0 cm³/mol. The molecule has 4 heteroatoms. The first kappa shape index (κ1) is 9.43. The van der Waals surface area contributed by atoms with Crippen molar-refractivity contribution in [2.75, 3.05) is 31.2 Å². The molecule has 0 radical (unpaired) electrons. The van der Waals surface area contributed by atoms with Crippen LogP contribution < -0.4 is 9.88 Å². The van der Waals surface area contributed by atoms with E-state index in [1.54, 1.807) is 0 Å². The number of aliphatic hydroxyl groups is 1. The SMILES string of the molecule is OCc1ccc(N2CCOCC2)[nH+]c1. The summed E-state index contributed by atoms with van der Waals surface area (Å²) >= 11 is 0. The molecule has 1 fully saturated rings. The number of H-pyrrole nitrogens is 1. The van der Waals surface area contributed by atoms with Gasteiger partial charge in [0.05, 0.1) is 26.0 Å².